The van der Waals surface area contributed by atoms with Gasteiger partial charge >= 0.3 is 0 Å². The topological polar surface area (TPSA) is 43.6 Å². The van der Waals surface area contributed by atoms with Crippen molar-refractivity contribution in [1.82, 2.24) is 19.5 Å². The van der Waals surface area contributed by atoms with E-state index in [4.69, 9.17) is 21.8 Å². The number of para-hydroxylation sites is 2. The average Bonchev–Trinajstić information content (AvgIpc) is 3.91. The third kappa shape index (κ3) is 4.40. The Bertz CT molecular complexity index is 3380. The molecule has 4 aromatic heterocycles. The van der Waals surface area contributed by atoms with Crippen molar-refractivity contribution >= 4 is 84.8 Å². The van der Waals surface area contributed by atoms with Gasteiger partial charge in [0.1, 0.15) is 0 Å². The molecule has 0 aliphatic heterocycles. The standard InChI is InChI=1S/C45H26N4S2/c1-2-12-27(13-3-1)43-46-44(48-45(47-43)34-18-10-17-32-31-16-6-9-22-38(31)51-42(32)34)28-24-25-33-40(26-28)50-39-23-11-21-37(41(33)39)49-35-19-7-4-14-29(35)30-15-5-8-20-36(30)49/h1-26H/i1D,2D,3D,12D,13D. The molecule has 238 valence electrons. The molecule has 0 aliphatic rings. The lowest BCUT2D eigenvalue weighted by Gasteiger charge is -2.11. The van der Waals surface area contributed by atoms with E-state index in [0.717, 1.165) is 68.2 Å². The summed E-state index contributed by atoms with van der Waals surface area (Å²) >= 11 is 3.34. The maximum Gasteiger partial charge on any atom is 0.165 e. The fraction of sp³-hybridized carbons (Fsp3) is 0. The van der Waals surface area contributed by atoms with Crippen molar-refractivity contribution in [3.63, 3.8) is 0 Å². The number of rotatable bonds is 4. The van der Waals surface area contributed by atoms with Crippen LogP contribution in [0, 0.1) is 0 Å². The Kier molecular flexibility index (Phi) is 5.25. The van der Waals surface area contributed by atoms with Crippen molar-refractivity contribution in [3.05, 3.63) is 158 Å². The molecule has 11 aromatic rings. The van der Waals surface area contributed by atoms with Crippen molar-refractivity contribution in [2.24, 2.45) is 0 Å². The van der Waals surface area contributed by atoms with E-state index in [2.05, 4.69) is 102 Å². The van der Waals surface area contributed by atoms with E-state index in [1.807, 2.05) is 30.3 Å². The van der Waals surface area contributed by atoms with Gasteiger partial charge in [0, 0.05) is 67.8 Å². The molecule has 0 spiro atoms. The van der Waals surface area contributed by atoms with Crippen LogP contribution >= 0.6 is 22.7 Å². The zero-order chi connectivity index (χ0) is 37.8. The number of benzene rings is 7. The van der Waals surface area contributed by atoms with E-state index in [1.54, 1.807) is 22.7 Å². The molecule has 0 N–H and O–H groups in total. The highest BCUT2D eigenvalue weighted by atomic mass is 32.1. The Morgan fingerprint density at radius 3 is 1.92 bits per heavy atom. The van der Waals surface area contributed by atoms with E-state index in [9.17, 15) is 0 Å². The summed E-state index contributed by atoms with van der Waals surface area (Å²) in [5.41, 5.74) is 4.82. The number of aromatic nitrogens is 4. The predicted molar refractivity (Wildman–Crippen MR) is 216 cm³/mol. The molecule has 51 heavy (non-hydrogen) atoms. The van der Waals surface area contributed by atoms with Gasteiger partial charge in [-0.1, -0.05) is 115 Å². The van der Waals surface area contributed by atoms with Crippen LogP contribution in [0.15, 0.2) is 158 Å². The summed E-state index contributed by atoms with van der Waals surface area (Å²) in [6, 6.07) is 41.8. The highest BCUT2D eigenvalue weighted by Crippen LogP contribution is 2.43. The average molecular weight is 692 g/mol. The minimum Gasteiger partial charge on any atom is -0.309 e. The van der Waals surface area contributed by atoms with Gasteiger partial charge in [0.25, 0.3) is 0 Å². The fourth-order valence-corrected chi connectivity index (χ4v) is 9.71. The second-order valence-corrected chi connectivity index (χ2v) is 14.6. The Labute approximate surface area is 307 Å². The third-order valence-electron chi connectivity index (χ3n) is 9.56. The maximum absolute atomic E-state index is 8.81. The van der Waals surface area contributed by atoms with Crippen LogP contribution in [0.3, 0.4) is 0 Å². The summed E-state index contributed by atoms with van der Waals surface area (Å²) in [6.45, 7) is 0. The van der Waals surface area contributed by atoms with Gasteiger partial charge in [0.2, 0.25) is 0 Å². The molecule has 0 atom stereocenters. The van der Waals surface area contributed by atoms with E-state index < -0.39 is 18.1 Å². The molecule has 0 saturated heterocycles. The van der Waals surface area contributed by atoms with E-state index in [1.165, 1.54) is 10.8 Å². The summed E-state index contributed by atoms with van der Waals surface area (Å²) in [6.07, 6.45) is 0. The fourth-order valence-electron chi connectivity index (χ4n) is 7.34. The Morgan fingerprint density at radius 2 is 1.12 bits per heavy atom. The van der Waals surface area contributed by atoms with Crippen LogP contribution in [0.2, 0.25) is 0 Å². The van der Waals surface area contributed by atoms with Crippen molar-refractivity contribution in [3.8, 4) is 39.9 Å². The highest BCUT2D eigenvalue weighted by Gasteiger charge is 2.19. The SMILES string of the molecule is [2H]c1c([2H])c([2H])c(-c2nc(-c3ccc4c(c3)sc3cccc(-n5c6ccccc6c6ccccc65)c34)nc(-c3cccc4c3sc3ccccc34)n2)c([2H])c1[2H]. The lowest BCUT2D eigenvalue weighted by atomic mass is 10.1. The highest BCUT2D eigenvalue weighted by molar-refractivity contribution is 7.26. The Morgan fingerprint density at radius 1 is 0.471 bits per heavy atom. The minimum absolute atomic E-state index is 0.0187. The van der Waals surface area contributed by atoms with E-state index in [0.29, 0.717) is 11.6 Å². The number of hydrogen-bond donors (Lipinski definition) is 0. The Hall–Kier alpha value is -6.21. The number of nitrogens with zero attached hydrogens (tertiary/aromatic N) is 4. The smallest absolute Gasteiger partial charge is 0.165 e. The summed E-state index contributed by atoms with van der Waals surface area (Å²) in [4.78, 5) is 14.8. The first kappa shape index (κ1) is 24.0. The zero-order valence-electron chi connectivity index (χ0n) is 31.7. The molecule has 0 bridgehead atoms. The van der Waals surface area contributed by atoms with Gasteiger partial charge in [-0.2, -0.15) is 0 Å². The molecule has 4 heterocycles. The van der Waals surface area contributed by atoms with Crippen LogP contribution in [0.5, 0.6) is 0 Å². The molecule has 0 fully saturated rings. The monoisotopic (exact) mass is 691 g/mol. The zero-order valence-corrected chi connectivity index (χ0v) is 28.4. The van der Waals surface area contributed by atoms with Crippen LogP contribution in [0.1, 0.15) is 6.85 Å². The summed E-state index contributed by atoms with van der Waals surface area (Å²) in [7, 11) is 0. The van der Waals surface area contributed by atoms with Crippen molar-refractivity contribution in [2.75, 3.05) is 0 Å². The molecule has 0 unspecified atom stereocenters. The largest absolute Gasteiger partial charge is 0.309 e. The van der Waals surface area contributed by atoms with Gasteiger partial charge in [-0.05, 0) is 42.5 Å². The molecule has 0 saturated carbocycles. The summed E-state index contributed by atoms with van der Waals surface area (Å²) < 4.78 is 49.3. The number of hydrogen-bond acceptors (Lipinski definition) is 5. The third-order valence-corrected chi connectivity index (χ3v) is 11.9. The molecule has 6 heteroatoms. The normalized spacial score (nSPS) is 13.3. The van der Waals surface area contributed by atoms with Gasteiger partial charge in [-0.25, -0.2) is 15.0 Å². The van der Waals surface area contributed by atoms with Crippen LogP contribution < -0.4 is 0 Å². The molecule has 0 radical (unpaired) electrons. The van der Waals surface area contributed by atoms with Crippen LogP contribution in [-0.2, 0) is 0 Å². The van der Waals surface area contributed by atoms with Gasteiger partial charge < -0.3 is 4.57 Å². The van der Waals surface area contributed by atoms with Crippen LogP contribution in [-0.4, -0.2) is 19.5 Å². The predicted octanol–water partition coefficient (Wildman–Crippen LogP) is 12.7. The van der Waals surface area contributed by atoms with Crippen molar-refractivity contribution in [1.29, 1.82) is 0 Å². The second-order valence-electron chi connectivity index (χ2n) is 12.4. The molecule has 0 aliphatic carbocycles. The first-order valence-electron chi connectivity index (χ1n) is 19.0. The van der Waals surface area contributed by atoms with Crippen LogP contribution in [0.25, 0.3) is 102 Å². The minimum atomic E-state index is -0.469. The van der Waals surface area contributed by atoms with Crippen molar-refractivity contribution in [2.45, 2.75) is 0 Å². The van der Waals surface area contributed by atoms with Crippen LogP contribution in [0.4, 0.5) is 0 Å². The Balaban J connectivity index is 1.15. The lowest BCUT2D eigenvalue weighted by molar-refractivity contribution is 1.08. The molecular formula is C45H26N4S2. The van der Waals surface area contributed by atoms with Gasteiger partial charge in [0.05, 0.1) is 23.6 Å². The molecule has 4 nitrogen and oxygen atoms in total. The molecule has 7 aromatic carbocycles. The lowest BCUT2D eigenvalue weighted by Crippen LogP contribution is -2.00. The second kappa shape index (κ2) is 11.2. The number of fused-ring (bicyclic) bond motifs is 9. The first-order chi connectivity index (χ1) is 27.4. The quantitative estimate of drug-likeness (QED) is 0.184. The van der Waals surface area contributed by atoms with Gasteiger partial charge in [-0.15, -0.1) is 22.7 Å². The molecule has 11 rings (SSSR count). The van der Waals surface area contributed by atoms with E-state index >= 15 is 0 Å². The molecular weight excluding hydrogens is 661 g/mol. The summed E-state index contributed by atoms with van der Waals surface area (Å²) in [5, 5.41) is 6.85. The summed E-state index contributed by atoms with van der Waals surface area (Å²) in [5.74, 6) is 0.723. The van der Waals surface area contributed by atoms with Gasteiger partial charge in [-0.3, -0.25) is 0 Å². The van der Waals surface area contributed by atoms with E-state index in [-0.39, 0.29) is 23.5 Å². The first-order valence-corrected chi connectivity index (χ1v) is 18.2. The maximum atomic E-state index is 8.81. The van der Waals surface area contributed by atoms with Crippen molar-refractivity contribution < 1.29 is 6.85 Å². The molecule has 0 amide bonds. The van der Waals surface area contributed by atoms with Gasteiger partial charge in [0.15, 0.2) is 17.5 Å². The number of thiophene rings is 2.